The maximum absolute atomic E-state index is 13.4. The Hall–Kier alpha value is -3.86. The number of carbonyl (C=O) groups excluding carboxylic acids is 1. The van der Waals surface area contributed by atoms with Crippen molar-refractivity contribution >= 4 is 29.2 Å². The molecule has 1 aliphatic rings. The van der Waals surface area contributed by atoms with Crippen LogP contribution in [-0.2, 0) is 4.79 Å². The van der Waals surface area contributed by atoms with Crippen LogP contribution in [0.4, 0.5) is 11.4 Å². The molecule has 1 amide bonds. The third kappa shape index (κ3) is 4.21. The van der Waals surface area contributed by atoms with Gasteiger partial charge < -0.3 is 9.64 Å². The van der Waals surface area contributed by atoms with E-state index in [1.54, 1.807) is 12.0 Å². The van der Waals surface area contributed by atoms with E-state index in [4.69, 9.17) is 9.73 Å². The van der Waals surface area contributed by atoms with Gasteiger partial charge in [-0.2, -0.15) is 0 Å². The van der Waals surface area contributed by atoms with Crippen LogP contribution in [0.2, 0.25) is 0 Å². The summed E-state index contributed by atoms with van der Waals surface area (Å²) in [7, 11) is 5.62. The maximum atomic E-state index is 13.4. The summed E-state index contributed by atoms with van der Waals surface area (Å²) in [5.74, 6) is 1.20. The highest BCUT2D eigenvalue weighted by Gasteiger charge is 2.32. The molecular formula is C26H25N3O2. The molecule has 0 saturated carbocycles. The number of carbonyl (C=O) groups is 1. The molecule has 0 aliphatic carbocycles. The van der Waals surface area contributed by atoms with E-state index in [2.05, 4.69) is 0 Å². The number of aliphatic imine (C=N–C) groups is 1. The van der Waals surface area contributed by atoms with Crippen LogP contribution in [0.1, 0.15) is 16.7 Å². The quantitative estimate of drug-likeness (QED) is 0.561. The first kappa shape index (κ1) is 20.4. The predicted molar refractivity (Wildman–Crippen MR) is 127 cm³/mol. The Bertz CT molecular complexity index is 1160. The van der Waals surface area contributed by atoms with Gasteiger partial charge in [-0.05, 0) is 61.0 Å². The average Bonchev–Trinajstić information content (AvgIpc) is 3.10. The second kappa shape index (κ2) is 8.48. The number of aryl methyl sites for hydroxylation is 1. The fourth-order valence-electron chi connectivity index (χ4n) is 3.49. The summed E-state index contributed by atoms with van der Waals surface area (Å²) in [5.41, 5.74) is 5.19. The first-order valence-corrected chi connectivity index (χ1v) is 10.1. The Morgan fingerprint density at radius 1 is 0.968 bits per heavy atom. The Kier molecular flexibility index (Phi) is 5.58. The van der Waals surface area contributed by atoms with Gasteiger partial charge in [0.05, 0.1) is 12.8 Å². The molecule has 5 heteroatoms. The Labute approximate surface area is 182 Å². The third-order valence-electron chi connectivity index (χ3n) is 5.18. The third-order valence-corrected chi connectivity index (χ3v) is 5.18. The normalized spacial score (nSPS) is 14.7. The molecule has 0 N–H and O–H groups in total. The molecule has 3 aromatic carbocycles. The second-order valence-corrected chi connectivity index (χ2v) is 7.66. The van der Waals surface area contributed by atoms with Crippen molar-refractivity contribution in [2.75, 3.05) is 31.0 Å². The molecule has 4 rings (SSSR count). The van der Waals surface area contributed by atoms with Crippen LogP contribution in [-0.4, -0.2) is 32.9 Å². The van der Waals surface area contributed by atoms with Crippen molar-refractivity contribution in [3.8, 4) is 5.75 Å². The van der Waals surface area contributed by atoms with E-state index in [0.29, 0.717) is 11.5 Å². The fourth-order valence-corrected chi connectivity index (χ4v) is 3.49. The Morgan fingerprint density at radius 3 is 2.29 bits per heavy atom. The largest absolute Gasteiger partial charge is 0.497 e. The Balaban J connectivity index is 1.77. The SMILES string of the molecule is COc1ccc(N2C(=O)C(=Cc3ccc(N(C)C)cc3)N=C2c2cccc(C)c2)cc1. The van der Waals surface area contributed by atoms with E-state index >= 15 is 0 Å². The van der Waals surface area contributed by atoms with Crippen molar-refractivity contribution in [3.05, 3.63) is 95.2 Å². The van der Waals surface area contributed by atoms with Gasteiger partial charge in [0.2, 0.25) is 0 Å². The lowest BCUT2D eigenvalue weighted by Gasteiger charge is -2.19. The number of ether oxygens (including phenoxy) is 1. The maximum Gasteiger partial charge on any atom is 0.282 e. The lowest BCUT2D eigenvalue weighted by Crippen LogP contribution is -2.32. The zero-order chi connectivity index (χ0) is 22.0. The van der Waals surface area contributed by atoms with Crippen molar-refractivity contribution in [2.24, 2.45) is 4.99 Å². The van der Waals surface area contributed by atoms with E-state index in [9.17, 15) is 4.79 Å². The van der Waals surface area contributed by atoms with Gasteiger partial charge >= 0.3 is 0 Å². The van der Waals surface area contributed by atoms with Crippen LogP contribution in [0, 0.1) is 6.92 Å². The van der Waals surface area contributed by atoms with E-state index in [1.807, 2.05) is 105 Å². The van der Waals surface area contributed by atoms with E-state index < -0.39 is 0 Å². The average molecular weight is 412 g/mol. The number of hydrogen-bond acceptors (Lipinski definition) is 4. The second-order valence-electron chi connectivity index (χ2n) is 7.66. The number of nitrogens with zero attached hydrogens (tertiary/aromatic N) is 3. The summed E-state index contributed by atoms with van der Waals surface area (Å²) in [4.78, 5) is 21.9. The Morgan fingerprint density at radius 2 is 1.68 bits per heavy atom. The number of amides is 1. The lowest BCUT2D eigenvalue weighted by atomic mass is 10.1. The molecule has 156 valence electrons. The van der Waals surface area contributed by atoms with Crippen molar-refractivity contribution in [1.82, 2.24) is 0 Å². The van der Waals surface area contributed by atoms with Gasteiger partial charge in [-0.15, -0.1) is 0 Å². The molecule has 0 spiro atoms. The summed E-state index contributed by atoms with van der Waals surface area (Å²) >= 11 is 0. The van der Waals surface area contributed by atoms with Gasteiger partial charge in [-0.3, -0.25) is 9.69 Å². The minimum absolute atomic E-state index is 0.154. The number of methoxy groups -OCH3 is 1. The summed E-state index contributed by atoms with van der Waals surface area (Å²) in [6, 6.07) is 23.5. The molecule has 3 aromatic rings. The predicted octanol–water partition coefficient (Wildman–Crippen LogP) is 4.90. The first-order valence-electron chi connectivity index (χ1n) is 10.1. The number of hydrogen-bond donors (Lipinski definition) is 0. The van der Waals surface area contributed by atoms with Crippen LogP contribution in [0.25, 0.3) is 6.08 Å². The number of rotatable bonds is 5. The molecule has 31 heavy (non-hydrogen) atoms. The minimum Gasteiger partial charge on any atom is -0.497 e. The fraction of sp³-hybridized carbons (Fsp3) is 0.154. The number of amidine groups is 1. The number of benzene rings is 3. The summed E-state index contributed by atoms with van der Waals surface area (Å²) in [6.07, 6.45) is 1.83. The van der Waals surface area contributed by atoms with Gasteiger partial charge in [0, 0.05) is 25.3 Å². The molecule has 0 fully saturated rings. The molecule has 5 nitrogen and oxygen atoms in total. The molecule has 0 atom stereocenters. The first-order chi connectivity index (χ1) is 15.0. The van der Waals surface area contributed by atoms with Crippen LogP contribution in [0.15, 0.2) is 83.5 Å². The van der Waals surface area contributed by atoms with Gasteiger partial charge in [-0.1, -0.05) is 35.9 Å². The van der Waals surface area contributed by atoms with Crippen LogP contribution in [0.3, 0.4) is 0 Å². The standard InChI is InChI=1S/C26H25N3O2/c1-18-6-5-7-20(16-18)25-27-24(17-19-8-10-21(11-9-19)28(2)3)26(30)29(25)22-12-14-23(31-4)15-13-22/h5-17H,1-4H3. The minimum atomic E-state index is -0.154. The topological polar surface area (TPSA) is 45.1 Å². The van der Waals surface area contributed by atoms with Crippen molar-refractivity contribution in [1.29, 1.82) is 0 Å². The van der Waals surface area contributed by atoms with Crippen molar-refractivity contribution in [3.63, 3.8) is 0 Å². The van der Waals surface area contributed by atoms with E-state index in [1.165, 1.54) is 0 Å². The van der Waals surface area contributed by atoms with Gasteiger partial charge in [-0.25, -0.2) is 4.99 Å². The summed E-state index contributed by atoms with van der Waals surface area (Å²) in [6.45, 7) is 2.03. The molecule has 0 saturated heterocycles. The van der Waals surface area contributed by atoms with Crippen molar-refractivity contribution < 1.29 is 9.53 Å². The van der Waals surface area contributed by atoms with Crippen LogP contribution in [0.5, 0.6) is 5.75 Å². The molecule has 0 unspecified atom stereocenters. The number of anilines is 2. The molecule has 1 aliphatic heterocycles. The molecule has 1 heterocycles. The highest BCUT2D eigenvalue weighted by atomic mass is 16.5. The van der Waals surface area contributed by atoms with E-state index in [0.717, 1.165) is 33.8 Å². The van der Waals surface area contributed by atoms with Gasteiger partial charge in [0.1, 0.15) is 17.3 Å². The van der Waals surface area contributed by atoms with E-state index in [-0.39, 0.29) is 5.91 Å². The summed E-state index contributed by atoms with van der Waals surface area (Å²) < 4.78 is 5.26. The highest BCUT2D eigenvalue weighted by molar-refractivity contribution is 6.33. The monoisotopic (exact) mass is 411 g/mol. The highest BCUT2D eigenvalue weighted by Crippen LogP contribution is 2.29. The van der Waals surface area contributed by atoms with Crippen LogP contribution >= 0.6 is 0 Å². The molecular weight excluding hydrogens is 386 g/mol. The van der Waals surface area contributed by atoms with Crippen molar-refractivity contribution in [2.45, 2.75) is 6.92 Å². The van der Waals surface area contributed by atoms with Gasteiger partial charge in [0.15, 0.2) is 0 Å². The molecule has 0 aromatic heterocycles. The lowest BCUT2D eigenvalue weighted by molar-refractivity contribution is -0.113. The zero-order valence-corrected chi connectivity index (χ0v) is 18.2. The van der Waals surface area contributed by atoms with Gasteiger partial charge in [0.25, 0.3) is 5.91 Å². The van der Waals surface area contributed by atoms with Crippen LogP contribution < -0.4 is 14.5 Å². The zero-order valence-electron chi connectivity index (χ0n) is 18.2. The molecule has 0 radical (unpaired) electrons. The smallest absolute Gasteiger partial charge is 0.282 e. The summed E-state index contributed by atoms with van der Waals surface area (Å²) in [5, 5.41) is 0. The molecule has 0 bridgehead atoms.